The molecule has 0 amide bonds. The van der Waals surface area contributed by atoms with Crippen molar-refractivity contribution >= 4 is 17.6 Å². The molecule has 0 saturated heterocycles. The van der Waals surface area contributed by atoms with Gasteiger partial charge in [-0.3, -0.25) is 4.79 Å². The number of ether oxygens (including phenoxy) is 1. The lowest BCUT2D eigenvalue weighted by atomic mass is 10.4. The predicted octanol–water partition coefficient (Wildman–Crippen LogP) is 0.787. The van der Waals surface area contributed by atoms with Gasteiger partial charge in [0.1, 0.15) is 0 Å². The fraction of sp³-hybridized carbons (Fsp3) is 0.800. The Kier molecular flexibility index (Phi) is 1.43. The van der Waals surface area contributed by atoms with Crippen LogP contribution in [0.1, 0.15) is 6.42 Å². The zero-order chi connectivity index (χ0) is 6.15. The van der Waals surface area contributed by atoms with Crippen LogP contribution in [0.15, 0.2) is 0 Å². The largest absolute Gasteiger partial charge is 0.469 e. The molecule has 1 aliphatic rings. The molecule has 1 saturated carbocycles. The van der Waals surface area contributed by atoms with Crippen LogP contribution in [0.2, 0.25) is 0 Å². The van der Waals surface area contributed by atoms with Gasteiger partial charge >= 0.3 is 5.97 Å². The summed E-state index contributed by atoms with van der Waals surface area (Å²) >= 11 is 5.52. The molecule has 0 bridgehead atoms. The van der Waals surface area contributed by atoms with Gasteiger partial charge in [0.15, 0.2) is 0 Å². The van der Waals surface area contributed by atoms with Crippen LogP contribution in [0.5, 0.6) is 0 Å². The molecule has 1 aliphatic carbocycles. The van der Waals surface area contributed by atoms with E-state index in [-0.39, 0.29) is 17.3 Å². The number of hydrogen-bond donors (Lipinski definition) is 0. The first-order valence-corrected chi connectivity index (χ1v) is 2.91. The summed E-state index contributed by atoms with van der Waals surface area (Å²) < 4.78 is 4.42. The second-order valence-corrected chi connectivity index (χ2v) is 2.44. The van der Waals surface area contributed by atoms with Crippen LogP contribution in [0.4, 0.5) is 0 Å². The monoisotopic (exact) mass is 134 g/mol. The van der Waals surface area contributed by atoms with Crippen molar-refractivity contribution in [2.24, 2.45) is 5.92 Å². The van der Waals surface area contributed by atoms with Gasteiger partial charge in [-0.1, -0.05) is 0 Å². The second kappa shape index (κ2) is 1.94. The molecule has 0 aromatic heterocycles. The minimum absolute atomic E-state index is 0.0123. The van der Waals surface area contributed by atoms with Crippen LogP contribution in [0.25, 0.3) is 0 Å². The highest BCUT2D eigenvalue weighted by atomic mass is 35.5. The van der Waals surface area contributed by atoms with Gasteiger partial charge in [-0.05, 0) is 6.42 Å². The van der Waals surface area contributed by atoms with Gasteiger partial charge in [-0.25, -0.2) is 0 Å². The molecule has 2 nitrogen and oxygen atoms in total. The first-order chi connectivity index (χ1) is 3.75. The summed E-state index contributed by atoms with van der Waals surface area (Å²) in [4.78, 5) is 10.5. The summed E-state index contributed by atoms with van der Waals surface area (Å²) in [5, 5.41) is 0.0439. The number of halogens is 1. The average Bonchev–Trinajstić information content (AvgIpc) is 2.45. The molecule has 0 unspecified atom stereocenters. The molecule has 1 fully saturated rings. The fourth-order valence-corrected chi connectivity index (χ4v) is 0.854. The van der Waals surface area contributed by atoms with Gasteiger partial charge in [0, 0.05) is 5.38 Å². The van der Waals surface area contributed by atoms with Crippen molar-refractivity contribution in [2.45, 2.75) is 11.8 Å². The summed E-state index contributed by atoms with van der Waals surface area (Å²) in [6.45, 7) is 0. The minimum Gasteiger partial charge on any atom is -0.469 e. The lowest BCUT2D eigenvalue weighted by Gasteiger charge is -1.90. The third-order valence-corrected chi connectivity index (χ3v) is 1.70. The highest BCUT2D eigenvalue weighted by molar-refractivity contribution is 6.24. The van der Waals surface area contributed by atoms with E-state index in [9.17, 15) is 4.79 Å². The van der Waals surface area contributed by atoms with Gasteiger partial charge in [0.25, 0.3) is 0 Å². The highest BCUT2D eigenvalue weighted by Crippen LogP contribution is 2.36. The maximum Gasteiger partial charge on any atom is 0.310 e. The molecular formula is C5H7ClO2. The predicted molar refractivity (Wildman–Crippen MR) is 29.8 cm³/mol. The van der Waals surface area contributed by atoms with E-state index in [1.165, 1.54) is 7.11 Å². The van der Waals surface area contributed by atoms with Crippen LogP contribution < -0.4 is 0 Å². The Morgan fingerprint density at radius 1 is 1.88 bits per heavy atom. The molecule has 2 atom stereocenters. The molecular weight excluding hydrogens is 128 g/mol. The van der Waals surface area contributed by atoms with Gasteiger partial charge in [-0.15, -0.1) is 11.6 Å². The zero-order valence-electron chi connectivity index (χ0n) is 4.56. The maximum absolute atomic E-state index is 10.5. The van der Waals surface area contributed by atoms with E-state index < -0.39 is 0 Å². The SMILES string of the molecule is COC(=O)[C@H]1C[C@@H]1Cl. The summed E-state index contributed by atoms with van der Waals surface area (Å²) in [5.74, 6) is -0.188. The molecule has 0 N–H and O–H groups in total. The van der Waals surface area contributed by atoms with Gasteiger partial charge in [0.2, 0.25) is 0 Å². The summed E-state index contributed by atoms with van der Waals surface area (Å²) in [6.07, 6.45) is 0.786. The van der Waals surface area contributed by atoms with Gasteiger partial charge in [-0.2, -0.15) is 0 Å². The van der Waals surface area contributed by atoms with E-state index in [0.29, 0.717) is 0 Å². The van der Waals surface area contributed by atoms with Crippen molar-refractivity contribution in [3.05, 3.63) is 0 Å². The van der Waals surface area contributed by atoms with Crippen LogP contribution in [0, 0.1) is 5.92 Å². The Morgan fingerprint density at radius 2 is 2.38 bits per heavy atom. The smallest absolute Gasteiger partial charge is 0.310 e. The first-order valence-electron chi connectivity index (χ1n) is 2.47. The van der Waals surface area contributed by atoms with E-state index in [4.69, 9.17) is 11.6 Å². The molecule has 8 heavy (non-hydrogen) atoms. The van der Waals surface area contributed by atoms with Crippen molar-refractivity contribution in [3.63, 3.8) is 0 Å². The first kappa shape index (κ1) is 5.89. The van der Waals surface area contributed by atoms with Crippen molar-refractivity contribution in [1.29, 1.82) is 0 Å². The quantitative estimate of drug-likeness (QED) is 0.392. The highest BCUT2D eigenvalue weighted by Gasteiger charge is 2.42. The number of rotatable bonds is 1. The topological polar surface area (TPSA) is 26.3 Å². The minimum atomic E-state index is -0.176. The van der Waals surface area contributed by atoms with E-state index in [0.717, 1.165) is 6.42 Å². The lowest BCUT2D eigenvalue weighted by molar-refractivity contribution is -0.142. The Bertz CT molecular complexity index is 113. The normalized spacial score (nSPS) is 34.2. The van der Waals surface area contributed by atoms with Crippen molar-refractivity contribution in [2.75, 3.05) is 7.11 Å². The van der Waals surface area contributed by atoms with Gasteiger partial charge < -0.3 is 4.74 Å². The van der Waals surface area contributed by atoms with Crippen LogP contribution in [0.3, 0.4) is 0 Å². The van der Waals surface area contributed by atoms with Crippen LogP contribution in [-0.4, -0.2) is 18.5 Å². The van der Waals surface area contributed by atoms with Gasteiger partial charge in [0.05, 0.1) is 13.0 Å². The summed E-state index contributed by atoms with van der Waals surface area (Å²) in [5.41, 5.74) is 0. The average molecular weight is 135 g/mol. The Morgan fingerprint density at radius 3 is 2.50 bits per heavy atom. The molecule has 0 radical (unpaired) electrons. The third-order valence-electron chi connectivity index (χ3n) is 1.22. The third kappa shape index (κ3) is 0.944. The van der Waals surface area contributed by atoms with Crippen LogP contribution >= 0.6 is 11.6 Å². The number of alkyl halides is 1. The Hall–Kier alpha value is -0.240. The van der Waals surface area contributed by atoms with E-state index >= 15 is 0 Å². The molecule has 0 aromatic carbocycles. The molecule has 1 rings (SSSR count). The van der Waals surface area contributed by atoms with E-state index in [1.54, 1.807) is 0 Å². The van der Waals surface area contributed by atoms with Crippen molar-refractivity contribution in [3.8, 4) is 0 Å². The number of carbonyl (C=O) groups excluding carboxylic acids is 1. The fourth-order valence-electron chi connectivity index (χ4n) is 0.559. The zero-order valence-corrected chi connectivity index (χ0v) is 5.31. The Labute approximate surface area is 52.8 Å². The maximum atomic E-state index is 10.5. The number of esters is 1. The lowest BCUT2D eigenvalue weighted by Crippen LogP contribution is -2.03. The van der Waals surface area contributed by atoms with E-state index in [1.807, 2.05) is 0 Å². The number of hydrogen-bond acceptors (Lipinski definition) is 2. The molecule has 3 heteroatoms. The standard InChI is InChI=1S/C5H7ClO2/c1-8-5(7)3-2-4(3)6/h3-4H,2H2,1H3/t3-,4-/m0/s1. The second-order valence-electron chi connectivity index (χ2n) is 1.88. The van der Waals surface area contributed by atoms with Crippen LogP contribution in [-0.2, 0) is 9.53 Å². The molecule has 0 heterocycles. The molecule has 0 spiro atoms. The number of carbonyl (C=O) groups is 1. The molecule has 0 aliphatic heterocycles. The van der Waals surface area contributed by atoms with Crippen molar-refractivity contribution < 1.29 is 9.53 Å². The summed E-state index contributed by atoms with van der Waals surface area (Å²) in [7, 11) is 1.38. The molecule has 0 aromatic rings. The van der Waals surface area contributed by atoms with E-state index in [2.05, 4.69) is 4.74 Å². The molecule has 46 valence electrons. The number of methoxy groups -OCH3 is 1. The summed E-state index contributed by atoms with van der Waals surface area (Å²) in [6, 6.07) is 0. The Balaban J connectivity index is 2.28. The van der Waals surface area contributed by atoms with Crippen molar-refractivity contribution in [1.82, 2.24) is 0 Å².